The Labute approximate surface area is 372 Å². The Morgan fingerprint density at radius 1 is 0.952 bits per heavy atom. The molecule has 19 heteroatoms. The highest BCUT2D eigenvalue weighted by Gasteiger charge is 2.60. The summed E-state index contributed by atoms with van der Waals surface area (Å²) in [6.07, 6.45) is -2.48. The first-order valence-corrected chi connectivity index (χ1v) is 22.3. The smallest absolute Gasteiger partial charge is 0.345 e. The molecule has 1 saturated heterocycles. The summed E-state index contributed by atoms with van der Waals surface area (Å²) >= 11 is 12.7. The van der Waals surface area contributed by atoms with E-state index >= 15 is 0 Å². The second-order valence-corrected chi connectivity index (χ2v) is 18.3. The summed E-state index contributed by atoms with van der Waals surface area (Å²) < 4.78 is 43.0. The molecule has 1 heterocycles. The Kier molecular flexibility index (Phi) is 17.9. The summed E-state index contributed by atoms with van der Waals surface area (Å²) in [7, 11) is 4.40. The lowest BCUT2D eigenvalue weighted by molar-refractivity contribution is -0.230. The number of hydrogen-bond acceptors (Lipinski definition) is 7. The second kappa shape index (κ2) is 22.0. The second-order valence-electron chi connectivity index (χ2n) is 17.5. The number of nitrogens with zero attached hydrogens (tertiary/aromatic N) is 3. The number of rotatable bonds is 12. The Balaban J connectivity index is 1.61. The zero-order valence-corrected chi connectivity index (χ0v) is 38.0. The largest absolute Gasteiger partial charge is 0.403 e. The molecular weight excluding hydrogens is 854 g/mol. The molecule has 3 aliphatic rings. The number of benzene rings is 1. The Morgan fingerprint density at radius 3 is 2.21 bits per heavy atom. The van der Waals surface area contributed by atoms with Crippen LogP contribution < -0.4 is 21.3 Å². The third-order valence-electron chi connectivity index (χ3n) is 12.4. The van der Waals surface area contributed by atoms with Gasteiger partial charge in [-0.25, -0.2) is 0 Å². The minimum absolute atomic E-state index is 0.0384. The van der Waals surface area contributed by atoms with Crippen molar-refractivity contribution >= 4 is 64.6 Å². The lowest BCUT2D eigenvalue weighted by atomic mass is 9.72. The fourth-order valence-corrected chi connectivity index (χ4v) is 8.67. The van der Waals surface area contributed by atoms with Crippen molar-refractivity contribution in [3.8, 4) is 0 Å². The summed E-state index contributed by atoms with van der Waals surface area (Å²) in [6.45, 7) is 5.18. The zero-order chi connectivity index (χ0) is 46.1. The van der Waals surface area contributed by atoms with Gasteiger partial charge in [-0.15, -0.1) is 0 Å². The van der Waals surface area contributed by atoms with Crippen molar-refractivity contribution in [2.24, 2.45) is 17.3 Å². The Bertz CT molecular complexity index is 1810. The fraction of sp³-hybridized carbons (Fsp3) is 0.698. The van der Waals surface area contributed by atoms with Crippen LogP contribution in [0.25, 0.3) is 0 Å². The van der Waals surface area contributed by atoms with E-state index in [1.54, 1.807) is 32.2 Å². The van der Waals surface area contributed by atoms with Crippen LogP contribution >= 0.6 is 23.2 Å². The van der Waals surface area contributed by atoms with E-state index in [1.807, 2.05) is 13.8 Å². The molecule has 0 bridgehead atoms. The molecule has 0 aromatic heterocycles. The molecule has 2 saturated carbocycles. The van der Waals surface area contributed by atoms with Gasteiger partial charge in [0.1, 0.15) is 35.6 Å². The number of amides is 7. The Hall–Kier alpha value is -4.12. The lowest BCUT2D eigenvalue weighted by Crippen LogP contribution is -2.61. The molecule has 7 amide bonds. The van der Waals surface area contributed by atoms with E-state index in [-0.39, 0.29) is 76.3 Å². The molecule has 3 fully saturated rings. The zero-order valence-electron chi connectivity index (χ0n) is 36.5. The van der Waals surface area contributed by atoms with Crippen molar-refractivity contribution in [2.45, 2.75) is 141 Å². The summed E-state index contributed by atoms with van der Waals surface area (Å²) in [5.74, 6) is -5.42. The molecule has 14 nitrogen and oxygen atoms in total. The van der Waals surface area contributed by atoms with Crippen molar-refractivity contribution in [2.75, 3.05) is 34.2 Å². The van der Waals surface area contributed by atoms with Gasteiger partial charge in [0.25, 0.3) is 0 Å². The number of nitrogens with one attached hydrogen (secondary N) is 4. The Morgan fingerprint density at radius 2 is 1.61 bits per heavy atom. The molecule has 2 aliphatic carbocycles. The van der Waals surface area contributed by atoms with Gasteiger partial charge in [-0.3, -0.25) is 33.6 Å². The summed E-state index contributed by atoms with van der Waals surface area (Å²) in [6, 6.07) is -1.28. The van der Waals surface area contributed by atoms with E-state index in [9.17, 15) is 46.7 Å². The van der Waals surface area contributed by atoms with Gasteiger partial charge in [0.15, 0.2) is 0 Å². The van der Waals surface area contributed by atoms with Crippen LogP contribution in [-0.4, -0.2) is 127 Å². The quantitative estimate of drug-likeness (QED) is 0.233. The van der Waals surface area contributed by atoms with Gasteiger partial charge in [0.05, 0.1) is 6.54 Å². The molecular formula is C43H62Cl2F3N7O7. The molecule has 0 unspecified atom stereocenters. The van der Waals surface area contributed by atoms with Gasteiger partial charge in [-0.2, -0.15) is 13.2 Å². The van der Waals surface area contributed by atoms with Crippen molar-refractivity contribution in [1.29, 1.82) is 0 Å². The fourth-order valence-electron chi connectivity index (χ4n) is 8.28. The monoisotopic (exact) mass is 915 g/mol. The molecule has 1 aromatic rings. The summed E-state index contributed by atoms with van der Waals surface area (Å²) in [5, 5.41) is 11.2. The SMILES string of the molecule is CC[C@H](NC(=O)C1(C(F)(F)F)CCCCC1)C(=O)N[C@H](C(=O)N(C)[C@H]1CCCCN(C)C(=O)CNC(=O)[C@H](Cc2cc(Cl)ccc2Cl)N(C)C(=O)[C@H](CC(C)C)NC1=O)C1CC1. The van der Waals surface area contributed by atoms with Crippen LogP contribution in [0.4, 0.5) is 13.2 Å². The molecule has 0 radical (unpaired) electrons. The molecule has 1 aliphatic heterocycles. The van der Waals surface area contributed by atoms with E-state index in [1.165, 1.54) is 28.8 Å². The van der Waals surface area contributed by atoms with Gasteiger partial charge in [-0.05, 0) is 93.4 Å². The topological polar surface area (TPSA) is 177 Å². The normalized spacial score (nSPS) is 23.3. The van der Waals surface area contributed by atoms with Crippen molar-refractivity contribution in [3.63, 3.8) is 0 Å². The number of halogens is 5. The standard InChI is InChI=1S/C43H62Cl2F3N7O7/c1-7-30(51-41(62)42(43(46,47)48)18-10-8-11-19-42)36(57)52-35(26-14-15-26)40(61)54(5)32-13-9-12-20-53(4)34(56)24-49-37(58)33(23-27-22-28(44)16-17-29(27)45)55(6)39(60)31(21-25(2)3)50-38(32)59/h16-17,22,25-26,30-33,35H,7-15,18-21,23-24H2,1-6H3,(H,49,58)(H,50,59)(H,51,62)(H,52,57)/t30-,31-,32-,33-,35-/m0/s1. The first-order valence-electron chi connectivity index (χ1n) is 21.6. The average molecular weight is 917 g/mol. The first kappa shape index (κ1) is 50.5. The molecule has 0 spiro atoms. The number of carbonyl (C=O) groups is 7. The van der Waals surface area contributed by atoms with E-state index < -0.39 is 83.2 Å². The maximum absolute atomic E-state index is 14.4. The number of carbonyl (C=O) groups excluding carboxylic acids is 7. The van der Waals surface area contributed by atoms with Crippen LogP contribution in [0.15, 0.2) is 18.2 Å². The highest BCUT2D eigenvalue weighted by molar-refractivity contribution is 6.33. The maximum Gasteiger partial charge on any atom is 0.403 e. The lowest BCUT2D eigenvalue weighted by Gasteiger charge is -2.38. The number of likely N-dealkylation sites (N-methyl/N-ethyl adjacent to an activating group) is 3. The summed E-state index contributed by atoms with van der Waals surface area (Å²) in [4.78, 5) is 101. The molecule has 4 rings (SSSR count). The van der Waals surface area contributed by atoms with Gasteiger partial charge in [0.2, 0.25) is 41.4 Å². The van der Waals surface area contributed by atoms with Gasteiger partial charge in [0, 0.05) is 44.2 Å². The van der Waals surface area contributed by atoms with Crippen LogP contribution in [0.3, 0.4) is 0 Å². The van der Waals surface area contributed by atoms with Crippen molar-refractivity contribution < 1.29 is 46.7 Å². The van der Waals surface area contributed by atoms with E-state index in [4.69, 9.17) is 23.2 Å². The van der Waals surface area contributed by atoms with Gasteiger partial charge in [-0.1, -0.05) is 63.2 Å². The minimum Gasteiger partial charge on any atom is -0.345 e. The molecule has 4 N–H and O–H groups in total. The first-order chi connectivity index (χ1) is 29.1. The predicted molar refractivity (Wildman–Crippen MR) is 228 cm³/mol. The molecule has 346 valence electrons. The van der Waals surface area contributed by atoms with Crippen molar-refractivity contribution in [3.05, 3.63) is 33.8 Å². The van der Waals surface area contributed by atoms with E-state index in [0.29, 0.717) is 47.7 Å². The average Bonchev–Trinajstić information content (AvgIpc) is 4.07. The molecule has 1 aromatic carbocycles. The maximum atomic E-state index is 14.4. The summed E-state index contributed by atoms with van der Waals surface area (Å²) in [5.41, 5.74) is -2.13. The van der Waals surface area contributed by atoms with Crippen LogP contribution in [0, 0.1) is 17.3 Å². The minimum atomic E-state index is -4.81. The highest BCUT2D eigenvalue weighted by Crippen LogP contribution is 2.49. The van der Waals surface area contributed by atoms with E-state index in [0.717, 1.165) is 0 Å². The third kappa shape index (κ3) is 12.8. The number of alkyl halides is 3. The molecule has 62 heavy (non-hydrogen) atoms. The van der Waals surface area contributed by atoms with Crippen LogP contribution in [0.5, 0.6) is 0 Å². The van der Waals surface area contributed by atoms with E-state index in [2.05, 4.69) is 21.3 Å². The van der Waals surface area contributed by atoms with Gasteiger partial charge >= 0.3 is 6.18 Å². The predicted octanol–water partition coefficient (Wildman–Crippen LogP) is 4.78. The van der Waals surface area contributed by atoms with Crippen LogP contribution in [0.1, 0.15) is 103 Å². The van der Waals surface area contributed by atoms with Crippen LogP contribution in [0.2, 0.25) is 10.0 Å². The van der Waals surface area contributed by atoms with Crippen LogP contribution in [-0.2, 0) is 40.0 Å². The highest BCUT2D eigenvalue weighted by atomic mass is 35.5. The van der Waals surface area contributed by atoms with Crippen molar-refractivity contribution in [1.82, 2.24) is 36.0 Å². The third-order valence-corrected chi connectivity index (χ3v) is 13.0. The molecule has 5 atom stereocenters. The van der Waals surface area contributed by atoms with Gasteiger partial charge < -0.3 is 36.0 Å². The number of hydrogen-bond donors (Lipinski definition) is 4.